The van der Waals surface area contributed by atoms with Crippen molar-refractivity contribution in [3.05, 3.63) is 259 Å². The van der Waals surface area contributed by atoms with E-state index in [1.54, 1.807) is 0 Å². The van der Waals surface area contributed by atoms with Gasteiger partial charge >= 0.3 is 0 Å². The normalized spacial score (nSPS) is 12.9. The molecule has 1 aromatic heterocycles. The zero-order chi connectivity index (χ0) is 41.5. The largest absolute Gasteiger partial charge is 0.456 e. The van der Waals surface area contributed by atoms with Gasteiger partial charge in [-0.2, -0.15) is 0 Å². The minimum absolute atomic E-state index is 0.407. The minimum Gasteiger partial charge on any atom is -0.456 e. The van der Waals surface area contributed by atoms with Crippen LogP contribution < -0.4 is 4.90 Å². The van der Waals surface area contributed by atoms with Crippen molar-refractivity contribution in [2.45, 2.75) is 5.41 Å². The minimum atomic E-state index is -0.407. The van der Waals surface area contributed by atoms with Gasteiger partial charge in [-0.25, -0.2) is 0 Å². The monoisotopic (exact) mass is 801 g/mol. The number of nitrogens with zero attached hydrogens (tertiary/aromatic N) is 1. The molecule has 0 saturated heterocycles. The maximum Gasteiger partial charge on any atom is 0.136 e. The van der Waals surface area contributed by atoms with Crippen LogP contribution in [0.3, 0.4) is 0 Å². The number of hydrogen-bond acceptors (Lipinski definition) is 2. The summed E-state index contributed by atoms with van der Waals surface area (Å²) in [4.78, 5) is 2.45. The van der Waals surface area contributed by atoms with Crippen LogP contribution in [0.15, 0.2) is 241 Å². The summed E-state index contributed by atoms with van der Waals surface area (Å²) in [6.07, 6.45) is 0. The first kappa shape index (κ1) is 35.5. The lowest BCUT2D eigenvalue weighted by atomic mass is 9.70. The van der Waals surface area contributed by atoms with Crippen LogP contribution in [0.5, 0.6) is 0 Å². The van der Waals surface area contributed by atoms with Crippen molar-refractivity contribution in [3.63, 3.8) is 0 Å². The van der Waals surface area contributed by atoms with E-state index in [1.165, 1.54) is 66.8 Å². The summed E-state index contributed by atoms with van der Waals surface area (Å²) in [5.74, 6) is 0. The third kappa shape index (κ3) is 5.25. The van der Waals surface area contributed by atoms with Gasteiger partial charge in [0.15, 0.2) is 0 Å². The fourth-order valence-corrected chi connectivity index (χ4v) is 10.8. The molecule has 0 aliphatic heterocycles. The van der Waals surface area contributed by atoms with E-state index >= 15 is 0 Å². The molecule has 2 aliphatic rings. The van der Waals surface area contributed by atoms with Crippen LogP contribution in [-0.2, 0) is 5.41 Å². The molecular formula is C61H39NO. The Morgan fingerprint density at radius 1 is 0.302 bits per heavy atom. The molecule has 0 N–H and O–H groups in total. The molecule has 0 fully saturated rings. The lowest BCUT2D eigenvalue weighted by molar-refractivity contribution is 0.669. The summed E-state index contributed by atoms with van der Waals surface area (Å²) in [5, 5.41) is 2.24. The highest BCUT2D eigenvalue weighted by atomic mass is 16.3. The molecule has 10 aromatic carbocycles. The van der Waals surface area contributed by atoms with Gasteiger partial charge in [0.25, 0.3) is 0 Å². The van der Waals surface area contributed by atoms with Crippen molar-refractivity contribution in [1.82, 2.24) is 0 Å². The molecule has 0 bridgehead atoms. The lowest BCUT2D eigenvalue weighted by Crippen LogP contribution is -2.25. The highest BCUT2D eigenvalue weighted by Gasteiger charge is 2.51. The fraction of sp³-hybridized carbons (Fsp3) is 0.0164. The Morgan fingerprint density at radius 3 is 1.43 bits per heavy atom. The van der Waals surface area contributed by atoms with E-state index in [0.717, 1.165) is 50.1 Å². The summed E-state index contributed by atoms with van der Waals surface area (Å²) < 4.78 is 6.44. The van der Waals surface area contributed by atoms with Gasteiger partial charge in [0.1, 0.15) is 11.2 Å². The van der Waals surface area contributed by atoms with Crippen molar-refractivity contribution in [2.75, 3.05) is 4.90 Å². The Kier molecular flexibility index (Phi) is 7.85. The van der Waals surface area contributed by atoms with Crippen LogP contribution in [0.1, 0.15) is 22.3 Å². The molecule has 63 heavy (non-hydrogen) atoms. The molecule has 0 saturated carbocycles. The second-order valence-corrected chi connectivity index (χ2v) is 16.7. The first-order chi connectivity index (χ1) is 31.3. The number of fused-ring (bicyclic) bond motifs is 13. The van der Waals surface area contributed by atoms with E-state index in [-0.39, 0.29) is 0 Å². The molecular weight excluding hydrogens is 763 g/mol. The van der Waals surface area contributed by atoms with Crippen LogP contribution in [-0.4, -0.2) is 0 Å². The summed E-state index contributed by atoms with van der Waals surface area (Å²) in [6.45, 7) is 0. The molecule has 11 aromatic rings. The number of rotatable bonds is 6. The highest BCUT2D eigenvalue weighted by Crippen LogP contribution is 2.63. The average Bonchev–Trinajstić information content (AvgIpc) is 3.99. The lowest BCUT2D eigenvalue weighted by Gasteiger charge is -2.31. The predicted molar refractivity (Wildman–Crippen MR) is 261 cm³/mol. The molecule has 294 valence electrons. The second-order valence-electron chi connectivity index (χ2n) is 16.7. The Balaban J connectivity index is 1.01. The van der Waals surface area contributed by atoms with E-state index < -0.39 is 5.41 Å². The van der Waals surface area contributed by atoms with Crippen LogP contribution >= 0.6 is 0 Å². The summed E-state index contributed by atoms with van der Waals surface area (Å²) in [6, 6.07) is 86.4. The second kappa shape index (κ2) is 13.9. The predicted octanol–water partition coefficient (Wildman–Crippen LogP) is 16.4. The maximum absolute atomic E-state index is 6.44. The SMILES string of the molecule is c1ccc(-c2ccc(-c3ccc(N(c4ccc5c(c4)-c4ccccc4C54c5ccccc5-c5ccccc54)c4ccccc4-c4cccc5oc6ccccc6c45)cc3)cc2)cc1. The number of benzene rings is 10. The van der Waals surface area contributed by atoms with Gasteiger partial charge in [0.05, 0.1) is 11.1 Å². The highest BCUT2D eigenvalue weighted by molar-refractivity contribution is 6.14. The number of hydrogen-bond donors (Lipinski definition) is 0. The maximum atomic E-state index is 6.44. The van der Waals surface area contributed by atoms with Crippen molar-refractivity contribution < 1.29 is 4.42 Å². The number of para-hydroxylation sites is 2. The molecule has 1 heterocycles. The molecule has 2 heteroatoms. The van der Waals surface area contributed by atoms with Crippen LogP contribution in [0, 0.1) is 0 Å². The summed E-state index contributed by atoms with van der Waals surface area (Å²) in [7, 11) is 0. The first-order valence-corrected chi connectivity index (χ1v) is 21.8. The zero-order valence-corrected chi connectivity index (χ0v) is 34.4. The standard InChI is InChI=1S/C61H39NO/c1-2-15-40(16-3-1)41-29-31-42(32-30-41)43-33-35-44(36-34-43)62(57-26-12-7-20-49(57)50-22-14-28-59-60(50)51-21-8-13-27-58(51)63-59)45-37-38-56-52(39-45)48-19-6-11-25-55(48)61(56)53-23-9-4-17-46(53)47-18-5-10-24-54(47)61/h1-39H. The van der Waals surface area contributed by atoms with Gasteiger partial charge in [-0.3, -0.25) is 0 Å². The van der Waals surface area contributed by atoms with Gasteiger partial charge < -0.3 is 9.32 Å². The third-order valence-corrected chi connectivity index (χ3v) is 13.5. The van der Waals surface area contributed by atoms with Gasteiger partial charge in [-0.15, -0.1) is 0 Å². The Hall–Kier alpha value is -8.20. The van der Waals surface area contributed by atoms with Crippen molar-refractivity contribution in [2.24, 2.45) is 0 Å². The van der Waals surface area contributed by atoms with E-state index in [9.17, 15) is 0 Å². The van der Waals surface area contributed by atoms with Crippen LogP contribution in [0.25, 0.3) is 77.6 Å². The molecule has 0 atom stereocenters. The number of anilines is 3. The van der Waals surface area contributed by atoms with Crippen molar-refractivity contribution in [3.8, 4) is 55.6 Å². The molecule has 0 amide bonds. The van der Waals surface area contributed by atoms with E-state index in [1.807, 2.05) is 6.07 Å². The molecule has 2 nitrogen and oxygen atoms in total. The zero-order valence-electron chi connectivity index (χ0n) is 34.4. The van der Waals surface area contributed by atoms with E-state index in [0.29, 0.717) is 0 Å². The quantitative estimate of drug-likeness (QED) is 0.167. The van der Waals surface area contributed by atoms with Crippen LogP contribution in [0.2, 0.25) is 0 Å². The van der Waals surface area contributed by atoms with E-state index in [2.05, 4.69) is 235 Å². The van der Waals surface area contributed by atoms with Gasteiger partial charge in [-0.1, -0.05) is 194 Å². The number of furan rings is 1. The smallest absolute Gasteiger partial charge is 0.136 e. The summed E-state index contributed by atoms with van der Waals surface area (Å²) in [5.41, 5.74) is 22.2. The third-order valence-electron chi connectivity index (χ3n) is 13.5. The molecule has 13 rings (SSSR count). The fourth-order valence-electron chi connectivity index (χ4n) is 10.8. The van der Waals surface area contributed by atoms with Gasteiger partial charge in [0.2, 0.25) is 0 Å². The Morgan fingerprint density at radius 2 is 0.762 bits per heavy atom. The Bertz CT molecular complexity index is 3510. The van der Waals surface area contributed by atoms with E-state index in [4.69, 9.17) is 4.42 Å². The van der Waals surface area contributed by atoms with Crippen LogP contribution in [0.4, 0.5) is 17.1 Å². The molecule has 1 spiro atoms. The molecule has 2 aliphatic carbocycles. The molecule has 0 radical (unpaired) electrons. The van der Waals surface area contributed by atoms with Crippen molar-refractivity contribution >= 4 is 39.0 Å². The molecule has 0 unspecified atom stereocenters. The van der Waals surface area contributed by atoms with Gasteiger partial charge in [0, 0.05) is 27.7 Å². The summed E-state index contributed by atoms with van der Waals surface area (Å²) >= 11 is 0. The van der Waals surface area contributed by atoms with Gasteiger partial charge in [-0.05, 0) is 115 Å². The van der Waals surface area contributed by atoms with Crippen molar-refractivity contribution in [1.29, 1.82) is 0 Å². The Labute approximate surface area is 366 Å². The first-order valence-electron chi connectivity index (χ1n) is 21.8. The topological polar surface area (TPSA) is 16.4 Å². The average molecular weight is 802 g/mol.